The third-order valence-electron chi connectivity index (χ3n) is 7.88. The number of pyridine rings is 3. The Hall–Kier alpha value is -4.45. The zero-order valence-corrected chi connectivity index (χ0v) is 24.0. The average molecular weight is 595 g/mol. The van der Waals surface area contributed by atoms with Crippen LogP contribution in [-0.4, -0.2) is 26.0 Å². The molecule has 1 unspecified atom stereocenters. The number of rotatable bonds is 9. The predicted molar refractivity (Wildman–Crippen MR) is 151 cm³/mol. The first-order valence-corrected chi connectivity index (χ1v) is 13.9. The quantitative estimate of drug-likeness (QED) is 0.217. The molecule has 1 aliphatic rings. The van der Waals surface area contributed by atoms with Crippen LogP contribution in [0, 0.1) is 25.7 Å². The molecule has 0 spiro atoms. The van der Waals surface area contributed by atoms with Gasteiger partial charge in [0.15, 0.2) is 18.1 Å². The smallest absolute Gasteiger partial charge is 0.457 e. The minimum atomic E-state index is -2.60. The Bertz CT molecular complexity index is 1640. The van der Waals surface area contributed by atoms with Crippen LogP contribution >= 0.6 is 0 Å². The van der Waals surface area contributed by atoms with E-state index in [4.69, 9.17) is 13.6 Å². The highest BCUT2D eigenvalue weighted by Crippen LogP contribution is 2.41. The first-order valence-electron chi connectivity index (χ1n) is 13.9. The van der Waals surface area contributed by atoms with Gasteiger partial charge in [0, 0.05) is 23.5 Å². The van der Waals surface area contributed by atoms with Gasteiger partial charge >= 0.3 is 11.8 Å². The molecular formula is C31H32F2N4O6. The molecule has 4 aromatic rings. The third kappa shape index (κ3) is 6.96. The number of hydrogen-bond donors (Lipinski definition) is 2. The predicted octanol–water partition coefficient (Wildman–Crippen LogP) is 6.14. The van der Waals surface area contributed by atoms with Crippen molar-refractivity contribution >= 4 is 17.6 Å². The number of anilines is 2. The standard InChI is InChI=1S/C31H32F2N4O6/c1-17-12-23(36-27(13-17)37-26-14-20(28(32)33)10-11-34-26)21-6-9-25(35-15-21)31(3,40)22-7-4-19(5-8-22)29(38)41-16-24-18(2)42-30(39)43-24/h6,9-15,19,22,28,40H,4-5,7-8,16H2,1-3H3,(H,34,36,37). The molecule has 0 aromatic carbocycles. The summed E-state index contributed by atoms with van der Waals surface area (Å²) in [5, 5.41) is 14.5. The number of nitrogens with one attached hydrogen (secondary N) is 1. The van der Waals surface area contributed by atoms with Gasteiger partial charge in [-0.1, -0.05) is 0 Å². The van der Waals surface area contributed by atoms with Crippen molar-refractivity contribution in [1.29, 1.82) is 0 Å². The van der Waals surface area contributed by atoms with Gasteiger partial charge in [-0.25, -0.2) is 23.5 Å². The molecule has 0 radical (unpaired) electrons. The number of ether oxygens (including phenoxy) is 1. The molecule has 1 atom stereocenters. The Morgan fingerprint density at radius 2 is 1.86 bits per heavy atom. The third-order valence-corrected chi connectivity index (χ3v) is 7.88. The second-order valence-electron chi connectivity index (χ2n) is 11.0. The molecule has 12 heteroatoms. The van der Waals surface area contributed by atoms with Crippen molar-refractivity contribution in [2.75, 3.05) is 5.32 Å². The Morgan fingerprint density at radius 3 is 2.51 bits per heavy atom. The lowest BCUT2D eigenvalue weighted by Crippen LogP contribution is -2.36. The Kier molecular flexibility index (Phi) is 8.67. The van der Waals surface area contributed by atoms with Crippen molar-refractivity contribution in [3.63, 3.8) is 0 Å². The van der Waals surface area contributed by atoms with Crippen molar-refractivity contribution in [3.8, 4) is 11.3 Å². The highest BCUT2D eigenvalue weighted by Gasteiger charge is 2.39. The maximum atomic E-state index is 13.1. The zero-order valence-electron chi connectivity index (χ0n) is 24.0. The summed E-state index contributed by atoms with van der Waals surface area (Å²) < 4.78 is 41.2. The lowest BCUT2D eigenvalue weighted by atomic mass is 9.73. The lowest BCUT2D eigenvalue weighted by Gasteiger charge is -2.37. The summed E-state index contributed by atoms with van der Waals surface area (Å²) in [6.45, 7) is 5.02. The number of aryl methyl sites for hydroxylation is 2. The van der Waals surface area contributed by atoms with Crippen LogP contribution in [0.25, 0.3) is 11.3 Å². The van der Waals surface area contributed by atoms with E-state index < -0.39 is 17.8 Å². The molecule has 1 saturated carbocycles. The fraction of sp³-hybridized carbons (Fsp3) is 0.387. The number of carbonyl (C=O) groups excluding carboxylic acids is 1. The van der Waals surface area contributed by atoms with E-state index in [1.54, 1.807) is 32.2 Å². The number of carbonyl (C=O) groups is 1. The first kappa shape index (κ1) is 30.0. The van der Waals surface area contributed by atoms with Gasteiger partial charge in [-0.2, -0.15) is 0 Å². The molecule has 43 heavy (non-hydrogen) atoms. The molecule has 4 aromatic heterocycles. The van der Waals surface area contributed by atoms with Gasteiger partial charge in [-0.15, -0.1) is 0 Å². The molecule has 10 nitrogen and oxygen atoms in total. The fourth-order valence-electron chi connectivity index (χ4n) is 5.37. The summed E-state index contributed by atoms with van der Waals surface area (Å²) in [5.41, 5.74) is 1.38. The van der Waals surface area contributed by atoms with Crippen molar-refractivity contribution in [3.05, 3.63) is 87.8 Å². The van der Waals surface area contributed by atoms with Crippen LogP contribution in [0.15, 0.2) is 62.4 Å². The van der Waals surface area contributed by atoms with E-state index >= 15 is 0 Å². The maximum absolute atomic E-state index is 13.1. The first-order chi connectivity index (χ1) is 20.5. The minimum Gasteiger partial charge on any atom is -0.457 e. The van der Waals surface area contributed by atoms with Gasteiger partial charge in [-0.05, 0) is 94.3 Å². The number of aliphatic hydroxyl groups is 1. The number of esters is 1. The second-order valence-corrected chi connectivity index (χ2v) is 11.0. The van der Waals surface area contributed by atoms with E-state index in [1.165, 1.54) is 18.3 Å². The van der Waals surface area contributed by atoms with E-state index in [0.29, 0.717) is 42.9 Å². The molecular weight excluding hydrogens is 562 g/mol. The van der Waals surface area contributed by atoms with Crippen LogP contribution in [0.3, 0.4) is 0 Å². The van der Waals surface area contributed by atoms with Crippen molar-refractivity contribution in [2.45, 2.75) is 65.1 Å². The van der Waals surface area contributed by atoms with Gasteiger partial charge in [0.25, 0.3) is 6.43 Å². The van der Waals surface area contributed by atoms with E-state index in [9.17, 15) is 23.5 Å². The summed E-state index contributed by atoms with van der Waals surface area (Å²) in [7, 11) is 0. The molecule has 0 amide bonds. The monoisotopic (exact) mass is 594 g/mol. The largest absolute Gasteiger partial charge is 0.519 e. The van der Waals surface area contributed by atoms with Gasteiger partial charge in [0.2, 0.25) is 0 Å². The SMILES string of the molecule is Cc1cc(Nc2cc(C(F)F)ccn2)nc(-c2ccc(C(C)(O)C3CCC(C(=O)OCc4oc(=O)oc4C)CC3)nc2)c1. The van der Waals surface area contributed by atoms with Gasteiger partial charge < -0.3 is 24.0 Å². The summed E-state index contributed by atoms with van der Waals surface area (Å²) >= 11 is 0. The molecule has 2 N–H and O–H groups in total. The molecule has 0 saturated heterocycles. The number of hydrogen-bond acceptors (Lipinski definition) is 10. The van der Waals surface area contributed by atoms with Crippen LogP contribution in [-0.2, 0) is 21.7 Å². The molecule has 5 rings (SSSR count). The summed E-state index contributed by atoms with van der Waals surface area (Å²) in [6, 6.07) is 9.81. The lowest BCUT2D eigenvalue weighted by molar-refractivity contribution is -0.153. The van der Waals surface area contributed by atoms with E-state index in [-0.39, 0.29) is 47.3 Å². The van der Waals surface area contributed by atoms with Crippen molar-refractivity contribution < 1.29 is 32.3 Å². The number of nitrogens with zero attached hydrogens (tertiary/aromatic N) is 3. The van der Waals surface area contributed by atoms with E-state index in [2.05, 4.69) is 20.3 Å². The van der Waals surface area contributed by atoms with Gasteiger partial charge in [0.05, 0.1) is 17.3 Å². The van der Waals surface area contributed by atoms with Gasteiger partial charge in [-0.3, -0.25) is 9.78 Å². The maximum Gasteiger partial charge on any atom is 0.519 e. The van der Waals surface area contributed by atoms with Crippen LogP contribution in [0.2, 0.25) is 0 Å². The Morgan fingerprint density at radius 1 is 1.09 bits per heavy atom. The molecule has 4 heterocycles. The Balaban J connectivity index is 1.21. The summed E-state index contributed by atoms with van der Waals surface area (Å²) in [4.78, 5) is 37.0. The molecule has 0 bridgehead atoms. The van der Waals surface area contributed by atoms with Crippen LogP contribution < -0.4 is 11.1 Å². The van der Waals surface area contributed by atoms with Crippen LogP contribution in [0.4, 0.5) is 20.4 Å². The summed E-state index contributed by atoms with van der Waals surface area (Å²) in [6.07, 6.45) is 2.65. The molecule has 226 valence electrons. The fourth-order valence-corrected chi connectivity index (χ4v) is 5.37. The number of aromatic nitrogens is 3. The second kappa shape index (κ2) is 12.4. The number of halogens is 2. The number of alkyl halides is 2. The molecule has 1 aliphatic carbocycles. The van der Waals surface area contributed by atoms with E-state index in [1.807, 2.05) is 19.1 Å². The minimum absolute atomic E-state index is 0.117. The normalized spacial score (nSPS) is 18.3. The highest BCUT2D eigenvalue weighted by atomic mass is 19.3. The van der Waals surface area contributed by atoms with Crippen LogP contribution in [0.1, 0.15) is 67.4 Å². The highest BCUT2D eigenvalue weighted by molar-refractivity contribution is 5.72. The Labute approximate surface area is 246 Å². The van der Waals surface area contributed by atoms with Crippen LogP contribution in [0.5, 0.6) is 0 Å². The molecule has 1 fully saturated rings. The average Bonchev–Trinajstić information content (AvgIpc) is 3.32. The van der Waals surface area contributed by atoms with Crippen molar-refractivity contribution in [2.24, 2.45) is 11.8 Å². The van der Waals surface area contributed by atoms with Crippen molar-refractivity contribution in [1.82, 2.24) is 15.0 Å². The van der Waals surface area contributed by atoms with E-state index in [0.717, 1.165) is 11.1 Å². The molecule has 0 aliphatic heterocycles. The summed E-state index contributed by atoms with van der Waals surface area (Å²) in [5.74, 6) is -0.464. The van der Waals surface area contributed by atoms with Gasteiger partial charge in [0.1, 0.15) is 17.2 Å². The zero-order chi connectivity index (χ0) is 30.7. The topological polar surface area (TPSA) is 141 Å².